The van der Waals surface area contributed by atoms with Crippen molar-refractivity contribution in [3.05, 3.63) is 11.1 Å². The number of aliphatic carboxylic acids is 1. The number of rotatable bonds is 4. The first-order valence-corrected chi connectivity index (χ1v) is 8.00. The standard InChI is InChI=1S/C16H26O8/c1-7-8(4-5-16(2,3)10(7)14(21)22)23-15-13(20)12(19)11(18)9(6-17)24-15/h8-9,11-13,15,17-20H,4-6H2,1-3H3,(H,21,22)/t8-,9-,11-,12+,13-,15-/m1/s1. The molecule has 2 aliphatic rings. The Morgan fingerprint density at radius 2 is 1.88 bits per heavy atom. The highest BCUT2D eigenvalue weighted by atomic mass is 16.7. The number of carboxylic acid groups (broad SMARTS) is 1. The second-order valence-corrected chi connectivity index (χ2v) is 7.11. The summed E-state index contributed by atoms with van der Waals surface area (Å²) in [4.78, 5) is 11.6. The van der Waals surface area contributed by atoms with Crippen LogP contribution in [0.4, 0.5) is 0 Å². The fourth-order valence-electron chi connectivity index (χ4n) is 3.50. The Balaban J connectivity index is 2.21. The number of aliphatic hydroxyl groups excluding tert-OH is 4. The fourth-order valence-corrected chi connectivity index (χ4v) is 3.50. The van der Waals surface area contributed by atoms with Crippen molar-refractivity contribution in [3.63, 3.8) is 0 Å². The molecule has 1 heterocycles. The molecule has 0 radical (unpaired) electrons. The zero-order valence-corrected chi connectivity index (χ0v) is 14.0. The summed E-state index contributed by atoms with van der Waals surface area (Å²) in [5.74, 6) is -1.01. The molecule has 0 aromatic carbocycles. The molecule has 1 fully saturated rings. The van der Waals surface area contributed by atoms with E-state index < -0.39 is 54.8 Å². The minimum absolute atomic E-state index is 0.267. The second kappa shape index (κ2) is 7.07. The first kappa shape index (κ1) is 19.3. The maximum atomic E-state index is 11.6. The van der Waals surface area contributed by atoms with E-state index in [0.717, 1.165) is 0 Å². The third-order valence-electron chi connectivity index (χ3n) is 4.95. The number of ether oxygens (including phenoxy) is 2. The Morgan fingerprint density at radius 3 is 2.42 bits per heavy atom. The number of carboxylic acids is 1. The van der Waals surface area contributed by atoms with E-state index in [4.69, 9.17) is 9.47 Å². The summed E-state index contributed by atoms with van der Waals surface area (Å²) in [5.41, 5.74) is 0.310. The predicted octanol–water partition coefficient (Wildman–Crippen LogP) is -0.607. The average molecular weight is 346 g/mol. The molecule has 0 bridgehead atoms. The van der Waals surface area contributed by atoms with Crippen LogP contribution in [0.3, 0.4) is 0 Å². The van der Waals surface area contributed by atoms with Crippen molar-refractivity contribution in [3.8, 4) is 0 Å². The van der Waals surface area contributed by atoms with Gasteiger partial charge in [-0.2, -0.15) is 0 Å². The van der Waals surface area contributed by atoms with Gasteiger partial charge in [-0.3, -0.25) is 0 Å². The molecule has 24 heavy (non-hydrogen) atoms. The van der Waals surface area contributed by atoms with Crippen LogP contribution in [-0.2, 0) is 14.3 Å². The van der Waals surface area contributed by atoms with Gasteiger partial charge in [0, 0.05) is 5.57 Å². The van der Waals surface area contributed by atoms with Gasteiger partial charge in [0.1, 0.15) is 24.4 Å². The molecule has 1 aliphatic carbocycles. The average Bonchev–Trinajstić information content (AvgIpc) is 2.49. The summed E-state index contributed by atoms with van der Waals surface area (Å²) in [6.07, 6.45) is -6.29. The van der Waals surface area contributed by atoms with Crippen LogP contribution in [0.5, 0.6) is 0 Å². The van der Waals surface area contributed by atoms with Crippen molar-refractivity contribution >= 4 is 5.97 Å². The first-order chi connectivity index (χ1) is 11.1. The van der Waals surface area contributed by atoms with E-state index in [-0.39, 0.29) is 5.57 Å². The molecule has 0 aromatic rings. The van der Waals surface area contributed by atoms with Gasteiger partial charge in [0.2, 0.25) is 0 Å². The molecule has 0 unspecified atom stereocenters. The normalized spacial score (nSPS) is 39.8. The number of carbonyl (C=O) groups is 1. The Hall–Kier alpha value is -1.03. The fraction of sp³-hybridized carbons (Fsp3) is 0.812. The van der Waals surface area contributed by atoms with Crippen LogP contribution in [-0.4, -0.2) is 74.9 Å². The molecule has 8 heteroatoms. The van der Waals surface area contributed by atoms with Gasteiger partial charge in [0.25, 0.3) is 0 Å². The van der Waals surface area contributed by atoms with Gasteiger partial charge < -0.3 is 35.0 Å². The van der Waals surface area contributed by atoms with Crippen molar-refractivity contribution in [1.29, 1.82) is 0 Å². The largest absolute Gasteiger partial charge is 0.478 e. The number of aliphatic hydroxyl groups is 4. The minimum atomic E-state index is -1.52. The van der Waals surface area contributed by atoms with E-state index in [2.05, 4.69) is 0 Å². The van der Waals surface area contributed by atoms with E-state index in [1.54, 1.807) is 6.92 Å². The summed E-state index contributed by atoms with van der Waals surface area (Å²) < 4.78 is 11.0. The molecule has 6 atom stereocenters. The predicted molar refractivity (Wildman–Crippen MR) is 82.0 cm³/mol. The van der Waals surface area contributed by atoms with Gasteiger partial charge >= 0.3 is 5.97 Å². The van der Waals surface area contributed by atoms with Crippen LogP contribution in [0.25, 0.3) is 0 Å². The lowest BCUT2D eigenvalue weighted by molar-refractivity contribution is -0.309. The van der Waals surface area contributed by atoms with Crippen LogP contribution in [0.2, 0.25) is 0 Å². The third-order valence-corrected chi connectivity index (χ3v) is 4.95. The van der Waals surface area contributed by atoms with E-state index in [1.165, 1.54) is 0 Å². The number of hydrogen-bond donors (Lipinski definition) is 5. The van der Waals surface area contributed by atoms with Gasteiger partial charge in [0.05, 0.1) is 12.7 Å². The highest BCUT2D eigenvalue weighted by Gasteiger charge is 2.46. The quantitative estimate of drug-likeness (QED) is 0.455. The summed E-state index contributed by atoms with van der Waals surface area (Å²) in [7, 11) is 0. The molecule has 0 aromatic heterocycles. The van der Waals surface area contributed by atoms with Crippen LogP contribution >= 0.6 is 0 Å². The zero-order chi connectivity index (χ0) is 18.2. The highest BCUT2D eigenvalue weighted by Crippen LogP contribution is 2.42. The molecule has 0 saturated carbocycles. The molecule has 0 spiro atoms. The monoisotopic (exact) mass is 346 g/mol. The van der Waals surface area contributed by atoms with Gasteiger partial charge in [0.15, 0.2) is 6.29 Å². The summed E-state index contributed by atoms with van der Waals surface area (Å²) >= 11 is 0. The first-order valence-electron chi connectivity index (χ1n) is 8.00. The molecular weight excluding hydrogens is 320 g/mol. The minimum Gasteiger partial charge on any atom is -0.478 e. The molecular formula is C16H26O8. The summed E-state index contributed by atoms with van der Waals surface area (Å²) in [5, 5.41) is 48.3. The summed E-state index contributed by atoms with van der Waals surface area (Å²) in [6.45, 7) is 4.82. The number of hydrogen-bond acceptors (Lipinski definition) is 7. The molecule has 2 rings (SSSR count). The Labute approximate surface area is 140 Å². The van der Waals surface area contributed by atoms with Crippen LogP contribution in [0, 0.1) is 5.41 Å². The maximum absolute atomic E-state index is 11.6. The molecule has 138 valence electrons. The lowest BCUT2D eigenvalue weighted by Crippen LogP contribution is -2.59. The SMILES string of the molecule is CC1=C(C(=O)O)C(C)(C)CC[C@H]1O[C@@H]1O[C@H](CO)[C@@H](O)[C@H](O)[C@H]1O. The molecule has 5 N–H and O–H groups in total. The lowest BCUT2D eigenvalue weighted by Gasteiger charge is -2.43. The van der Waals surface area contributed by atoms with Gasteiger partial charge in [-0.1, -0.05) is 13.8 Å². The van der Waals surface area contributed by atoms with Gasteiger partial charge in [-0.05, 0) is 30.8 Å². The third kappa shape index (κ3) is 3.49. The van der Waals surface area contributed by atoms with Gasteiger partial charge in [-0.15, -0.1) is 0 Å². The topological polar surface area (TPSA) is 137 Å². The molecule has 1 saturated heterocycles. The molecule has 1 aliphatic heterocycles. The highest BCUT2D eigenvalue weighted by molar-refractivity contribution is 5.89. The van der Waals surface area contributed by atoms with E-state index >= 15 is 0 Å². The lowest BCUT2D eigenvalue weighted by atomic mass is 9.71. The van der Waals surface area contributed by atoms with Crippen molar-refractivity contribution in [2.75, 3.05) is 6.61 Å². The van der Waals surface area contributed by atoms with Crippen molar-refractivity contribution < 1.29 is 39.8 Å². The zero-order valence-electron chi connectivity index (χ0n) is 14.0. The smallest absolute Gasteiger partial charge is 0.332 e. The Kier molecular flexibility index (Phi) is 5.68. The molecule has 8 nitrogen and oxygen atoms in total. The Morgan fingerprint density at radius 1 is 1.25 bits per heavy atom. The van der Waals surface area contributed by atoms with Crippen molar-refractivity contribution in [1.82, 2.24) is 0 Å². The Bertz CT molecular complexity index is 512. The maximum Gasteiger partial charge on any atom is 0.332 e. The van der Waals surface area contributed by atoms with Crippen LogP contribution < -0.4 is 0 Å². The van der Waals surface area contributed by atoms with E-state index in [0.29, 0.717) is 18.4 Å². The summed E-state index contributed by atoms with van der Waals surface area (Å²) in [6, 6.07) is 0. The van der Waals surface area contributed by atoms with Crippen LogP contribution in [0.15, 0.2) is 11.1 Å². The van der Waals surface area contributed by atoms with E-state index in [1.807, 2.05) is 13.8 Å². The van der Waals surface area contributed by atoms with Crippen LogP contribution in [0.1, 0.15) is 33.6 Å². The second-order valence-electron chi connectivity index (χ2n) is 7.11. The van der Waals surface area contributed by atoms with Crippen molar-refractivity contribution in [2.45, 2.75) is 70.4 Å². The molecule has 0 amide bonds. The van der Waals surface area contributed by atoms with E-state index in [9.17, 15) is 30.3 Å². The van der Waals surface area contributed by atoms with Gasteiger partial charge in [-0.25, -0.2) is 4.79 Å². The van der Waals surface area contributed by atoms with Crippen molar-refractivity contribution in [2.24, 2.45) is 5.41 Å².